The minimum absolute atomic E-state index is 0.612. The minimum atomic E-state index is 0.612. The molecule has 0 unspecified atom stereocenters. The summed E-state index contributed by atoms with van der Waals surface area (Å²) < 4.78 is 2.12. The van der Waals surface area contributed by atoms with E-state index in [4.69, 9.17) is 5.10 Å². The van der Waals surface area contributed by atoms with Gasteiger partial charge in [-0.15, -0.1) is 0 Å². The molecule has 0 aliphatic heterocycles. The lowest BCUT2D eigenvalue weighted by molar-refractivity contribution is 0.465. The highest BCUT2D eigenvalue weighted by molar-refractivity contribution is 7.08. The highest BCUT2D eigenvalue weighted by Crippen LogP contribution is 2.22. The van der Waals surface area contributed by atoms with E-state index >= 15 is 0 Å². The summed E-state index contributed by atoms with van der Waals surface area (Å²) in [7, 11) is 1.97. The Bertz CT molecular complexity index is 457. The van der Waals surface area contributed by atoms with Crippen molar-refractivity contribution in [2.45, 2.75) is 26.9 Å². The van der Waals surface area contributed by atoms with E-state index in [0.717, 1.165) is 18.8 Å². The van der Waals surface area contributed by atoms with Crippen LogP contribution in [0.15, 0.2) is 22.9 Å². The number of hydrogen-bond acceptors (Lipinski definition) is 3. The summed E-state index contributed by atoms with van der Waals surface area (Å²) in [6.07, 6.45) is 0. The lowest BCUT2D eigenvalue weighted by atomic mass is 10.2. The van der Waals surface area contributed by atoms with Crippen LogP contribution in [0.2, 0.25) is 0 Å². The van der Waals surface area contributed by atoms with Crippen molar-refractivity contribution in [3.05, 3.63) is 28.6 Å². The average Bonchev–Trinajstić information content (AvgIpc) is 2.87. The quantitative estimate of drug-likeness (QED) is 0.883. The summed E-state index contributed by atoms with van der Waals surface area (Å²) in [5.41, 5.74) is 3.55. The van der Waals surface area contributed by atoms with Gasteiger partial charge in [0.15, 0.2) is 0 Å². The second kappa shape index (κ2) is 5.47. The van der Waals surface area contributed by atoms with Crippen molar-refractivity contribution < 1.29 is 0 Å². The predicted octanol–water partition coefficient (Wildman–Crippen LogP) is 2.99. The van der Waals surface area contributed by atoms with Crippen LogP contribution in [-0.4, -0.2) is 16.8 Å². The van der Waals surface area contributed by atoms with Crippen LogP contribution >= 0.6 is 11.3 Å². The fraction of sp³-hybridized carbons (Fsp3) is 0.462. The summed E-state index contributed by atoms with van der Waals surface area (Å²) in [5.74, 6) is 0.612. The molecule has 0 fully saturated rings. The van der Waals surface area contributed by atoms with Crippen LogP contribution < -0.4 is 5.32 Å². The minimum Gasteiger partial charge on any atom is -0.314 e. The van der Waals surface area contributed by atoms with Crippen molar-refractivity contribution in [2.24, 2.45) is 5.92 Å². The molecular weight excluding hydrogens is 230 g/mol. The molecular formula is C13H19N3S. The maximum Gasteiger partial charge on any atom is 0.0934 e. The van der Waals surface area contributed by atoms with Crippen molar-refractivity contribution in [3.8, 4) is 11.3 Å². The summed E-state index contributed by atoms with van der Waals surface area (Å²) in [6.45, 7) is 6.27. The number of thiophene rings is 1. The van der Waals surface area contributed by atoms with Gasteiger partial charge < -0.3 is 5.32 Å². The van der Waals surface area contributed by atoms with Gasteiger partial charge in [0.05, 0.1) is 11.4 Å². The van der Waals surface area contributed by atoms with E-state index in [1.165, 1.54) is 11.3 Å². The highest BCUT2D eigenvalue weighted by Gasteiger charge is 2.10. The van der Waals surface area contributed by atoms with Gasteiger partial charge in [-0.05, 0) is 30.5 Å². The molecule has 3 nitrogen and oxygen atoms in total. The summed E-state index contributed by atoms with van der Waals surface area (Å²) in [5, 5.41) is 12.1. The van der Waals surface area contributed by atoms with Gasteiger partial charge in [-0.3, -0.25) is 4.68 Å². The molecule has 17 heavy (non-hydrogen) atoms. The molecule has 0 saturated heterocycles. The number of rotatable bonds is 5. The summed E-state index contributed by atoms with van der Waals surface area (Å²) in [6, 6.07) is 4.30. The van der Waals surface area contributed by atoms with Gasteiger partial charge in [-0.25, -0.2) is 0 Å². The normalized spacial score (nSPS) is 11.3. The van der Waals surface area contributed by atoms with E-state index < -0.39 is 0 Å². The second-order valence-corrected chi connectivity index (χ2v) is 5.42. The molecule has 2 aromatic heterocycles. The maximum atomic E-state index is 4.69. The van der Waals surface area contributed by atoms with Gasteiger partial charge in [0.1, 0.15) is 0 Å². The highest BCUT2D eigenvalue weighted by atomic mass is 32.1. The number of nitrogens with zero attached hydrogens (tertiary/aromatic N) is 2. The Hall–Kier alpha value is -1.13. The molecule has 0 saturated carbocycles. The fourth-order valence-electron chi connectivity index (χ4n) is 1.83. The van der Waals surface area contributed by atoms with Crippen LogP contribution in [0, 0.1) is 5.92 Å². The third-order valence-electron chi connectivity index (χ3n) is 2.58. The van der Waals surface area contributed by atoms with Crippen LogP contribution in [0.4, 0.5) is 0 Å². The molecule has 2 aromatic rings. The predicted molar refractivity (Wildman–Crippen MR) is 73.1 cm³/mol. The monoisotopic (exact) mass is 249 g/mol. The van der Waals surface area contributed by atoms with Gasteiger partial charge >= 0.3 is 0 Å². The molecule has 0 atom stereocenters. The Morgan fingerprint density at radius 1 is 1.47 bits per heavy atom. The molecule has 0 spiro atoms. The Kier molecular flexibility index (Phi) is 3.97. The van der Waals surface area contributed by atoms with Crippen molar-refractivity contribution in [1.82, 2.24) is 15.1 Å². The second-order valence-electron chi connectivity index (χ2n) is 4.64. The smallest absolute Gasteiger partial charge is 0.0934 e. The van der Waals surface area contributed by atoms with E-state index in [9.17, 15) is 0 Å². The maximum absolute atomic E-state index is 4.69. The van der Waals surface area contributed by atoms with Crippen molar-refractivity contribution in [3.63, 3.8) is 0 Å². The number of nitrogens with one attached hydrogen (secondary N) is 1. The lowest BCUT2D eigenvalue weighted by Gasteiger charge is -2.09. The molecule has 0 bridgehead atoms. The van der Waals surface area contributed by atoms with Gasteiger partial charge in [0.25, 0.3) is 0 Å². The van der Waals surface area contributed by atoms with Crippen LogP contribution in [0.5, 0.6) is 0 Å². The number of aromatic nitrogens is 2. The van der Waals surface area contributed by atoms with Gasteiger partial charge in [0, 0.05) is 24.0 Å². The van der Waals surface area contributed by atoms with Crippen LogP contribution in [0.25, 0.3) is 11.3 Å². The van der Waals surface area contributed by atoms with Crippen LogP contribution in [0.1, 0.15) is 19.5 Å². The molecule has 0 aromatic carbocycles. The summed E-state index contributed by atoms with van der Waals surface area (Å²) >= 11 is 1.71. The van der Waals surface area contributed by atoms with Crippen LogP contribution in [0.3, 0.4) is 0 Å². The van der Waals surface area contributed by atoms with Gasteiger partial charge in [-0.2, -0.15) is 16.4 Å². The molecule has 2 heterocycles. The Balaban J connectivity index is 2.30. The fourth-order valence-corrected chi connectivity index (χ4v) is 2.48. The third kappa shape index (κ3) is 2.96. The zero-order valence-electron chi connectivity index (χ0n) is 10.6. The molecule has 1 N–H and O–H groups in total. The van der Waals surface area contributed by atoms with E-state index in [0.29, 0.717) is 5.92 Å². The Morgan fingerprint density at radius 3 is 2.88 bits per heavy atom. The molecule has 0 radical (unpaired) electrons. The van der Waals surface area contributed by atoms with Gasteiger partial charge in [0.2, 0.25) is 0 Å². The largest absolute Gasteiger partial charge is 0.314 e. The van der Waals surface area contributed by atoms with E-state index in [-0.39, 0.29) is 0 Å². The first-order valence-corrected chi connectivity index (χ1v) is 6.89. The summed E-state index contributed by atoms with van der Waals surface area (Å²) in [4.78, 5) is 0. The average molecular weight is 249 g/mol. The topological polar surface area (TPSA) is 29.9 Å². The van der Waals surface area contributed by atoms with Crippen molar-refractivity contribution in [1.29, 1.82) is 0 Å². The Morgan fingerprint density at radius 2 is 2.29 bits per heavy atom. The first kappa shape index (κ1) is 12.3. The van der Waals surface area contributed by atoms with Crippen molar-refractivity contribution >= 4 is 11.3 Å². The molecule has 0 aliphatic rings. The lowest BCUT2D eigenvalue weighted by Crippen LogP contribution is -2.14. The molecule has 0 amide bonds. The number of hydrogen-bond donors (Lipinski definition) is 1. The Labute approximate surface area is 106 Å². The SMILES string of the molecule is CNCc1cc(-c2ccsc2)nn1CC(C)C. The first-order chi connectivity index (χ1) is 8.20. The third-order valence-corrected chi connectivity index (χ3v) is 3.26. The zero-order chi connectivity index (χ0) is 12.3. The molecule has 0 aliphatic carbocycles. The van der Waals surface area contributed by atoms with E-state index in [1.54, 1.807) is 11.3 Å². The molecule has 92 valence electrons. The first-order valence-electron chi connectivity index (χ1n) is 5.94. The van der Waals surface area contributed by atoms with E-state index in [2.05, 4.69) is 46.7 Å². The molecule has 2 rings (SSSR count). The van der Waals surface area contributed by atoms with Crippen molar-refractivity contribution in [2.75, 3.05) is 7.05 Å². The van der Waals surface area contributed by atoms with Crippen LogP contribution in [-0.2, 0) is 13.1 Å². The zero-order valence-corrected chi connectivity index (χ0v) is 11.4. The standard InChI is InChI=1S/C13H19N3S/c1-10(2)8-16-12(7-14-3)6-13(15-16)11-4-5-17-9-11/h4-6,9-10,14H,7-8H2,1-3H3. The molecule has 4 heteroatoms. The van der Waals surface area contributed by atoms with Gasteiger partial charge in [-0.1, -0.05) is 13.8 Å². The van der Waals surface area contributed by atoms with E-state index in [1.807, 2.05) is 7.05 Å².